The van der Waals surface area contributed by atoms with Crippen LogP contribution in [0.3, 0.4) is 0 Å². The maximum Gasteiger partial charge on any atom is 0.338 e. The monoisotopic (exact) mass is 484 g/mol. The maximum atomic E-state index is 11.6. The molecular formula is C22H33IN2O2. The second kappa shape index (κ2) is 7.36. The molecule has 0 radical (unpaired) electrons. The van der Waals surface area contributed by atoms with Gasteiger partial charge in [-0.2, -0.15) is 0 Å². The predicted molar refractivity (Wildman–Crippen MR) is 116 cm³/mol. The molecular weight excluding hydrogens is 451 g/mol. The van der Waals surface area contributed by atoms with Crippen LogP contribution in [0.15, 0.2) is 21.3 Å². The zero-order chi connectivity index (χ0) is 19.2. The number of hydrogen-bond donors (Lipinski definition) is 2. The van der Waals surface area contributed by atoms with Crippen LogP contribution in [0, 0.1) is 28.6 Å². The molecule has 4 aliphatic rings. The number of fused-ring (bicyclic) bond motifs is 5. The number of halogens is 1. The van der Waals surface area contributed by atoms with Gasteiger partial charge in [-0.3, -0.25) is 4.84 Å². The van der Waals surface area contributed by atoms with Gasteiger partial charge in [0.1, 0.15) is 0 Å². The van der Waals surface area contributed by atoms with Crippen molar-refractivity contribution in [2.75, 3.05) is 6.54 Å². The Morgan fingerprint density at radius 3 is 2.74 bits per heavy atom. The molecule has 0 saturated heterocycles. The lowest BCUT2D eigenvalue weighted by Crippen LogP contribution is -2.50. The highest BCUT2D eigenvalue weighted by Gasteiger charge is 2.56. The van der Waals surface area contributed by atoms with Gasteiger partial charge in [0.25, 0.3) is 0 Å². The van der Waals surface area contributed by atoms with Crippen molar-refractivity contribution in [2.45, 2.75) is 71.8 Å². The average Bonchev–Trinajstić information content (AvgIpc) is 2.95. The number of rotatable bonds is 3. The van der Waals surface area contributed by atoms with Crippen molar-refractivity contribution >= 4 is 28.6 Å². The summed E-state index contributed by atoms with van der Waals surface area (Å²) in [6, 6.07) is -0.238. The van der Waals surface area contributed by atoms with Crippen molar-refractivity contribution in [3.63, 3.8) is 0 Å². The normalized spacial score (nSPS) is 43.0. The van der Waals surface area contributed by atoms with Crippen LogP contribution >= 0.6 is 22.6 Å². The molecule has 4 aliphatic carbocycles. The van der Waals surface area contributed by atoms with E-state index in [0.717, 1.165) is 30.6 Å². The number of urea groups is 1. The molecule has 4 nitrogen and oxygen atoms in total. The molecule has 0 bridgehead atoms. The number of hydrogen-bond acceptors (Lipinski definition) is 2. The van der Waals surface area contributed by atoms with Crippen molar-refractivity contribution in [2.24, 2.45) is 28.6 Å². The first-order valence-corrected chi connectivity index (χ1v) is 11.7. The van der Waals surface area contributed by atoms with Gasteiger partial charge in [0.15, 0.2) is 0 Å². The minimum atomic E-state index is -0.238. The predicted octanol–water partition coefficient (Wildman–Crippen LogP) is 5.50. The fourth-order valence-corrected chi connectivity index (χ4v) is 7.50. The van der Waals surface area contributed by atoms with Gasteiger partial charge in [-0.25, -0.2) is 10.3 Å². The van der Waals surface area contributed by atoms with E-state index in [0.29, 0.717) is 17.4 Å². The van der Waals surface area contributed by atoms with E-state index < -0.39 is 0 Å². The molecule has 0 aromatic carbocycles. The fourth-order valence-electron chi connectivity index (χ4n) is 6.58. The Morgan fingerprint density at radius 2 is 1.96 bits per heavy atom. The molecule has 0 aromatic heterocycles. The minimum Gasteiger partial charge on any atom is -0.337 e. The number of nitrogens with one attached hydrogen (secondary N) is 2. The zero-order valence-electron chi connectivity index (χ0n) is 16.8. The van der Waals surface area contributed by atoms with Crippen LogP contribution in [0.2, 0.25) is 0 Å². The summed E-state index contributed by atoms with van der Waals surface area (Å²) in [5.41, 5.74) is 4.91. The Balaban J connectivity index is 1.46. The van der Waals surface area contributed by atoms with Crippen LogP contribution in [0.1, 0.15) is 65.7 Å². The summed E-state index contributed by atoms with van der Waals surface area (Å²) < 4.78 is 1.61. The quantitative estimate of drug-likeness (QED) is 0.316. The summed E-state index contributed by atoms with van der Waals surface area (Å²) in [5, 5.41) is 2.72. The van der Waals surface area contributed by atoms with E-state index in [4.69, 9.17) is 4.84 Å². The Bertz CT molecular complexity index is 675. The van der Waals surface area contributed by atoms with E-state index in [9.17, 15) is 4.79 Å². The minimum absolute atomic E-state index is 0.103. The summed E-state index contributed by atoms with van der Waals surface area (Å²) >= 11 is 2.60. The number of carbonyl (C=O) groups excluding carboxylic acids is 1. The number of hydroxylamine groups is 1. The lowest BCUT2D eigenvalue weighted by Gasteiger charge is -2.57. The highest BCUT2D eigenvalue weighted by Crippen LogP contribution is 2.65. The largest absolute Gasteiger partial charge is 0.338 e. The van der Waals surface area contributed by atoms with E-state index in [-0.39, 0.29) is 12.1 Å². The van der Waals surface area contributed by atoms with Gasteiger partial charge in [0.2, 0.25) is 0 Å². The van der Waals surface area contributed by atoms with Crippen molar-refractivity contribution < 1.29 is 9.63 Å². The number of carbonyl (C=O) groups is 1. The summed E-state index contributed by atoms with van der Waals surface area (Å²) in [6.07, 6.45) is 13.5. The topological polar surface area (TPSA) is 50.4 Å². The lowest BCUT2D eigenvalue weighted by molar-refractivity contribution is -0.0585. The molecule has 2 fully saturated rings. The van der Waals surface area contributed by atoms with Crippen LogP contribution in [-0.4, -0.2) is 18.7 Å². The summed E-state index contributed by atoms with van der Waals surface area (Å²) in [6.45, 7) is 7.54. The van der Waals surface area contributed by atoms with Crippen LogP contribution < -0.4 is 10.8 Å². The van der Waals surface area contributed by atoms with Gasteiger partial charge in [-0.15, -0.1) is 0 Å². The third-order valence-electron chi connectivity index (χ3n) is 8.20. The van der Waals surface area contributed by atoms with Gasteiger partial charge in [-0.1, -0.05) is 31.6 Å². The molecule has 27 heavy (non-hydrogen) atoms. The molecule has 2 saturated carbocycles. The van der Waals surface area contributed by atoms with Crippen LogP contribution in [0.4, 0.5) is 4.79 Å². The SMILES string of the molecule is CCNC(=O)NO[C@@H]1CC[C@@]2(C)C(=CC[C@@H]3[C@@H]2CC[C@]2(C)C(I)=CC[C@@H]32)C1. The van der Waals surface area contributed by atoms with E-state index in [1.54, 1.807) is 9.15 Å². The molecule has 150 valence electrons. The third kappa shape index (κ3) is 3.26. The maximum absolute atomic E-state index is 11.6. The first kappa shape index (κ1) is 19.7. The van der Waals surface area contributed by atoms with Crippen molar-refractivity contribution in [1.82, 2.24) is 10.8 Å². The Kier molecular flexibility index (Phi) is 5.38. The van der Waals surface area contributed by atoms with Crippen LogP contribution in [-0.2, 0) is 4.84 Å². The van der Waals surface area contributed by atoms with Gasteiger partial charge in [-0.05, 0) is 101 Å². The number of amides is 2. The van der Waals surface area contributed by atoms with E-state index in [1.165, 1.54) is 32.1 Å². The fraction of sp³-hybridized carbons (Fsp3) is 0.773. The highest BCUT2D eigenvalue weighted by molar-refractivity contribution is 14.1. The first-order chi connectivity index (χ1) is 12.9. The van der Waals surface area contributed by atoms with Gasteiger partial charge in [0, 0.05) is 12.0 Å². The molecule has 4 rings (SSSR count). The van der Waals surface area contributed by atoms with Crippen molar-refractivity contribution in [1.29, 1.82) is 0 Å². The van der Waals surface area contributed by atoms with E-state index >= 15 is 0 Å². The van der Waals surface area contributed by atoms with Crippen molar-refractivity contribution in [3.05, 3.63) is 21.3 Å². The zero-order valence-corrected chi connectivity index (χ0v) is 19.0. The standard InChI is InChI=1S/C22H33IN2O2/c1-4-24-20(26)25-27-15-9-11-21(2)14(13-15)5-6-16-17-7-8-19(23)22(17,3)12-10-18(16)21/h5,8,15-18H,4,6-7,9-13H2,1-3H3,(H2,24,25,26)/t15-,16+,17+,18+,21+,22+/m1/s1. The van der Waals surface area contributed by atoms with Gasteiger partial charge < -0.3 is 5.32 Å². The summed E-state index contributed by atoms with van der Waals surface area (Å²) in [5.74, 6) is 2.46. The molecule has 5 heteroatoms. The molecule has 0 aromatic rings. The van der Waals surface area contributed by atoms with Gasteiger partial charge in [0.05, 0.1) is 6.10 Å². The van der Waals surface area contributed by atoms with Crippen LogP contribution in [0.5, 0.6) is 0 Å². The molecule has 0 heterocycles. The molecule has 2 amide bonds. The second-order valence-corrected chi connectivity index (χ2v) is 10.6. The van der Waals surface area contributed by atoms with E-state index in [2.05, 4.69) is 59.4 Å². The molecule has 0 spiro atoms. The average molecular weight is 484 g/mol. The number of allylic oxidation sites excluding steroid dienone is 3. The second-order valence-electron chi connectivity index (χ2n) is 9.45. The van der Waals surface area contributed by atoms with E-state index in [1.807, 2.05) is 6.92 Å². The molecule has 0 unspecified atom stereocenters. The Morgan fingerprint density at radius 1 is 1.19 bits per heavy atom. The highest BCUT2D eigenvalue weighted by atomic mass is 127. The molecule has 0 aliphatic heterocycles. The Labute approximate surface area is 177 Å². The Hall–Kier alpha value is -0.560. The van der Waals surface area contributed by atoms with Crippen LogP contribution in [0.25, 0.3) is 0 Å². The van der Waals surface area contributed by atoms with Gasteiger partial charge >= 0.3 is 6.03 Å². The molecule has 6 atom stereocenters. The summed E-state index contributed by atoms with van der Waals surface area (Å²) in [7, 11) is 0. The first-order valence-electron chi connectivity index (χ1n) is 10.6. The summed E-state index contributed by atoms with van der Waals surface area (Å²) in [4.78, 5) is 17.3. The molecule has 2 N–H and O–H groups in total. The lowest BCUT2D eigenvalue weighted by atomic mass is 9.48. The smallest absolute Gasteiger partial charge is 0.337 e. The van der Waals surface area contributed by atoms with Crippen molar-refractivity contribution in [3.8, 4) is 0 Å². The third-order valence-corrected chi connectivity index (χ3v) is 9.87.